The molecule has 0 saturated heterocycles. The molecule has 2 atom stereocenters. The summed E-state index contributed by atoms with van der Waals surface area (Å²) in [5.41, 5.74) is 4.04. The van der Waals surface area contributed by atoms with Gasteiger partial charge in [-0.2, -0.15) is 0 Å². The molecule has 0 aliphatic rings. The highest BCUT2D eigenvalue weighted by Gasteiger charge is 2.30. The standard InChI is InChI=1S/C32H35FN4O5/c1-20(2)37-26(14-13-24(38)17-25(39)18-28(40)41)29(22-9-11-23(33)12-10-22)30(21-7-4-3-5-8-21)31(37)32(42)36-19-27-34-15-6-16-35-27/h3-12,15-16,20,24-25,38-39H,13-14,17-19H2,1-2H3,(H,36,42)(H,40,41). The van der Waals surface area contributed by atoms with Gasteiger partial charge in [-0.15, -0.1) is 0 Å². The molecule has 9 nitrogen and oxygen atoms in total. The van der Waals surface area contributed by atoms with E-state index < -0.39 is 30.4 Å². The number of aliphatic hydroxyl groups excluding tert-OH is 2. The molecule has 0 radical (unpaired) electrons. The lowest BCUT2D eigenvalue weighted by molar-refractivity contribution is -0.139. The van der Waals surface area contributed by atoms with Crippen LogP contribution in [0.2, 0.25) is 0 Å². The number of aliphatic hydroxyl groups is 2. The highest BCUT2D eigenvalue weighted by molar-refractivity contribution is 6.05. The summed E-state index contributed by atoms with van der Waals surface area (Å²) in [6.07, 6.45) is 0.977. The summed E-state index contributed by atoms with van der Waals surface area (Å²) in [7, 11) is 0. The number of benzene rings is 2. The number of carbonyl (C=O) groups is 2. The van der Waals surface area contributed by atoms with E-state index in [0.717, 1.165) is 16.8 Å². The van der Waals surface area contributed by atoms with Crippen LogP contribution in [0, 0.1) is 5.82 Å². The number of aliphatic carboxylic acids is 1. The monoisotopic (exact) mass is 574 g/mol. The van der Waals surface area contributed by atoms with Crippen LogP contribution in [0.25, 0.3) is 22.3 Å². The van der Waals surface area contributed by atoms with E-state index >= 15 is 0 Å². The fourth-order valence-corrected chi connectivity index (χ4v) is 5.17. The van der Waals surface area contributed by atoms with Crippen LogP contribution in [0.5, 0.6) is 0 Å². The predicted molar refractivity (Wildman–Crippen MR) is 156 cm³/mol. The Morgan fingerprint density at radius 1 is 0.905 bits per heavy atom. The molecule has 2 aromatic carbocycles. The average Bonchev–Trinajstić information content (AvgIpc) is 3.31. The van der Waals surface area contributed by atoms with Crippen LogP contribution in [0.1, 0.15) is 61.2 Å². The number of rotatable bonds is 13. The number of hydrogen-bond donors (Lipinski definition) is 4. The van der Waals surface area contributed by atoms with Gasteiger partial charge in [0.2, 0.25) is 0 Å². The molecular formula is C32H35FN4O5. The molecule has 0 aliphatic carbocycles. The summed E-state index contributed by atoms with van der Waals surface area (Å²) in [6, 6.07) is 17.0. The lowest BCUT2D eigenvalue weighted by atomic mass is 9.92. The normalized spacial score (nSPS) is 12.7. The third kappa shape index (κ3) is 7.45. The molecule has 10 heteroatoms. The number of aromatic nitrogens is 3. The van der Waals surface area contributed by atoms with Gasteiger partial charge in [0.25, 0.3) is 5.91 Å². The van der Waals surface area contributed by atoms with Gasteiger partial charge >= 0.3 is 5.97 Å². The van der Waals surface area contributed by atoms with Gasteiger partial charge < -0.3 is 25.2 Å². The Hall–Kier alpha value is -4.41. The maximum absolute atomic E-state index is 14.0. The molecule has 1 amide bonds. The second-order valence-electron chi connectivity index (χ2n) is 10.4. The number of nitrogens with one attached hydrogen (secondary N) is 1. The van der Waals surface area contributed by atoms with E-state index in [2.05, 4.69) is 15.3 Å². The third-order valence-electron chi connectivity index (χ3n) is 6.93. The zero-order valence-electron chi connectivity index (χ0n) is 23.6. The van der Waals surface area contributed by atoms with E-state index in [1.165, 1.54) is 12.1 Å². The molecule has 2 aromatic heterocycles. The number of carboxylic acids is 1. The van der Waals surface area contributed by atoms with Gasteiger partial charge in [-0.1, -0.05) is 42.5 Å². The van der Waals surface area contributed by atoms with Gasteiger partial charge in [0.1, 0.15) is 17.3 Å². The van der Waals surface area contributed by atoms with E-state index in [1.807, 2.05) is 48.7 Å². The van der Waals surface area contributed by atoms with Crippen molar-refractivity contribution < 1.29 is 29.3 Å². The molecular weight excluding hydrogens is 539 g/mol. The van der Waals surface area contributed by atoms with Crippen molar-refractivity contribution >= 4 is 11.9 Å². The predicted octanol–water partition coefficient (Wildman–Crippen LogP) is 4.78. The minimum Gasteiger partial charge on any atom is -0.481 e. The van der Waals surface area contributed by atoms with Crippen molar-refractivity contribution in [2.75, 3.05) is 0 Å². The van der Waals surface area contributed by atoms with E-state index in [-0.39, 0.29) is 31.3 Å². The smallest absolute Gasteiger partial charge is 0.305 e. The first-order valence-corrected chi connectivity index (χ1v) is 13.9. The summed E-state index contributed by atoms with van der Waals surface area (Å²) in [5.74, 6) is -1.43. The summed E-state index contributed by atoms with van der Waals surface area (Å²) in [5, 5.41) is 32.7. The quantitative estimate of drug-likeness (QED) is 0.180. The van der Waals surface area contributed by atoms with Crippen LogP contribution in [0.3, 0.4) is 0 Å². The molecule has 0 fully saturated rings. The Morgan fingerprint density at radius 2 is 1.55 bits per heavy atom. The number of amides is 1. The van der Waals surface area contributed by atoms with E-state index in [0.29, 0.717) is 29.1 Å². The topological polar surface area (TPSA) is 138 Å². The lowest BCUT2D eigenvalue weighted by Crippen LogP contribution is -2.28. The zero-order valence-corrected chi connectivity index (χ0v) is 23.6. The lowest BCUT2D eigenvalue weighted by Gasteiger charge is -2.20. The van der Waals surface area contributed by atoms with Crippen LogP contribution in [0.15, 0.2) is 73.1 Å². The molecule has 220 valence electrons. The number of hydrogen-bond acceptors (Lipinski definition) is 6. The molecule has 2 heterocycles. The maximum atomic E-state index is 14.0. The Balaban J connectivity index is 1.85. The summed E-state index contributed by atoms with van der Waals surface area (Å²) >= 11 is 0. The van der Waals surface area contributed by atoms with Crippen LogP contribution >= 0.6 is 0 Å². The largest absolute Gasteiger partial charge is 0.481 e. The van der Waals surface area contributed by atoms with Crippen molar-refractivity contribution in [1.29, 1.82) is 0 Å². The summed E-state index contributed by atoms with van der Waals surface area (Å²) in [4.78, 5) is 33.4. The fourth-order valence-electron chi connectivity index (χ4n) is 5.17. The van der Waals surface area contributed by atoms with Crippen molar-refractivity contribution in [3.8, 4) is 22.3 Å². The van der Waals surface area contributed by atoms with Crippen LogP contribution < -0.4 is 5.32 Å². The number of carbonyl (C=O) groups excluding carboxylic acids is 1. The first-order valence-electron chi connectivity index (χ1n) is 13.9. The Kier molecular flexibility index (Phi) is 10.2. The molecule has 42 heavy (non-hydrogen) atoms. The molecule has 0 bridgehead atoms. The SMILES string of the molecule is CC(C)n1c(CCC(O)CC(O)CC(=O)O)c(-c2ccc(F)cc2)c(-c2ccccc2)c1C(=O)NCc1ncccn1. The Bertz CT molecular complexity index is 1490. The Morgan fingerprint density at radius 3 is 2.17 bits per heavy atom. The molecule has 4 aromatic rings. The maximum Gasteiger partial charge on any atom is 0.305 e. The molecule has 0 spiro atoms. The average molecular weight is 575 g/mol. The van der Waals surface area contributed by atoms with Crippen molar-refractivity contribution in [1.82, 2.24) is 19.9 Å². The van der Waals surface area contributed by atoms with E-state index in [9.17, 15) is 24.2 Å². The van der Waals surface area contributed by atoms with E-state index in [1.54, 1.807) is 30.6 Å². The minimum atomic E-state index is -1.19. The van der Waals surface area contributed by atoms with E-state index in [4.69, 9.17) is 5.11 Å². The second kappa shape index (κ2) is 14.0. The molecule has 0 aliphatic heterocycles. The molecule has 4 rings (SSSR count). The van der Waals surface area contributed by atoms with Crippen LogP contribution in [0.4, 0.5) is 4.39 Å². The molecule has 0 saturated carbocycles. The first kappa shape index (κ1) is 30.5. The summed E-state index contributed by atoms with van der Waals surface area (Å²) < 4.78 is 15.9. The van der Waals surface area contributed by atoms with Gasteiger partial charge in [0, 0.05) is 35.3 Å². The highest BCUT2D eigenvalue weighted by atomic mass is 19.1. The zero-order chi connectivity index (χ0) is 30.2. The Labute approximate surface area is 243 Å². The second-order valence-corrected chi connectivity index (χ2v) is 10.4. The van der Waals surface area contributed by atoms with Gasteiger partial charge in [0.05, 0.1) is 25.2 Å². The van der Waals surface area contributed by atoms with Crippen molar-refractivity contribution in [3.63, 3.8) is 0 Å². The van der Waals surface area contributed by atoms with Crippen molar-refractivity contribution in [3.05, 3.63) is 96.1 Å². The molecule has 4 N–H and O–H groups in total. The number of nitrogens with zero attached hydrogens (tertiary/aromatic N) is 3. The van der Waals surface area contributed by atoms with Gasteiger partial charge in [-0.25, -0.2) is 14.4 Å². The van der Waals surface area contributed by atoms with Crippen molar-refractivity contribution in [2.24, 2.45) is 0 Å². The minimum absolute atomic E-state index is 0.101. The van der Waals surface area contributed by atoms with Gasteiger partial charge in [-0.05, 0) is 62.4 Å². The third-order valence-corrected chi connectivity index (χ3v) is 6.93. The van der Waals surface area contributed by atoms with Crippen LogP contribution in [-0.4, -0.2) is 53.9 Å². The van der Waals surface area contributed by atoms with Gasteiger partial charge in [0.15, 0.2) is 0 Å². The fraction of sp³-hybridized carbons (Fsp3) is 0.312. The van der Waals surface area contributed by atoms with Crippen LogP contribution in [-0.2, 0) is 17.8 Å². The summed E-state index contributed by atoms with van der Waals surface area (Å²) in [6.45, 7) is 4.02. The number of halogens is 1. The van der Waals surface area contributed by atoms with Gasteiger partial charge in [-0.3, -0.25) is 9.59 Å². The molecule has 2 unspecified atom stereocenters. The number of carboxylic acid groups (broad SMARTS) is 1. The first-order chi connectivity index (χ1) is 20.2. The van der Waals surface area contributed by atoms with Crippen molar-refractivity contribution in [2.45, 2.75) is 64.3 Å². The highest BCUT2D eigenvalue weighted by Crippen LogP contribution is 2.42.